The zero-order valence-electron chi connectivity index (χ0n) is 15.2. The second-order valence-electron chi connectivity index (χ2n) is 6.32. The lowest BCUT2D eigenvalue weighted by Gasteiger charge is -2.34. The molecule has 1 N–H and O–H groups in total. The Bertz CT molecular complexity index is 716. The molecule has 2 aromatic rings. The van der Waals surface area contributed by atoms with Crippen LogP contribution in [-0.2, 0) is 0 Å². The van der Waals surface area contributed by atoms with Crippen molar-refractivity contribution in [3.05, 3.63) is 36.4 Å². The summed E-state index contributed by atoms with van der Waals surface area (Å²) in [7, 11) is 4.01. The van der Waals surface area contributed by atoms with E-state index in [9.17, 15) is 4.79 Å². The van der Waals surface area contributed by atoms with E-state index < -0.39 is 0 Å². The van der Waals surface area contributed by atoms with E-state index in [0.717, 1.165) is 13.1 Å². The fourth-order valence-electron chi connectivity index (χ4n) is 2.68. The highest BCUT2D eigenvalue weighted by atomic mass is 16.2. The molecule has 0 radical (unpaired) electrons. The lowest BCUT2D eigenvalue weighted by atomic mass is 10.2. The summed E-state index contributed by atoms with van der Waals surface area (Å²) in [5.74, 6) is 1.11. The first-order valence-corrected chi connectivity index (χ1v) is 8.66. The molecule has 1 aliphatic heterocycles. The number of nitrogens with zero attached hydrogens (tertiary/aromatic N) is 7. The van der Waals surface area contributed by atoms with E-state index in [1.807, 2.05) is 19.0 Å². The maximum absolute atomic E-state index is 12.7. The van der Waals surface area contributed by atoms with Crippen LogP contribution in [0.4, 0.5) is 11.9 Å². The van der Waals surface area contributed by atoms with Crippen molar-refractivity contribution >= 4 is 17.8 Å². The lowest BCUT2D eigenvalue weighted by molar-refractivity contribution is 0.0740. The number of carbonyl (C=O) groups excluding carboxylic acids is 1. The Labute approximate surface area is 153 Å². The summed E-state index contributed by atoms with van der Waals surface area (Å²) in [4.78, 5) is 35.7. The average molecular weight is 356 g/mol. The SMILES string of the molecule is CN(C)CCNc1nccc(C(=O)N2CCN(c3ncccn3)CC2)n1. The molecule has 3 heterocycles. The highest BCUT2D eigenvalue weighted by Gasteiger charge is 2.24. The second kappa shape index (κ2) is 8.52. The molecule has 1 amide bonds. The number of nitrogens with one attached hydrogen (secondary N) is 1. The number of piperazine rings is 1. The first kappa shape index (κ1) is 18.0. The zero-order valence-corrected chi connectivity index (χ0v) is 15.2. The predicted octanol–water partition coefficient (Wildman–Crippen LogP) is 0.203. The molecule has 138 valence electrons. The van der Waals surface area contributed by atoms with Crippen LogP contribution in [0.1, 0.15) is 10.5 Å². The molecular weight excluding hydrogens is 332 g/mol. The first-order chi connectivity index (χ1) is 12.6. The van der Waals surface area contributed by atoms with Crippen LogP contribution >= 0.6 is 0 Å². The van der Waals surface area contributed by atoms with Gasteiger partial charge in [-0.05, 0) is 26.2 Å². The largest absolute Gasteiger partial charge is 0.353 e. The van der Waals surface area contributed by atoms with Crippen LogP contribution in [0.2, 0.25) is 0 Å². The predicted molar refractivity (Wildman–Crippen MR) is 99.2 cm³/mol. The number of aromatic nitrogens is 4. The molecule has 0 saturated carbocycles. The van der Waals surface area contributed by atoms with Crippen molar-refractivity contribution in [1.29, 1.82) is 0 Å². The standard InChI is InChI=1S/C17H24N8O/c1-23(2)9-8-19-16-18-7-4-14(22-16)15(26)24-10-12-25(13-11-24)17-20-5-3-6-21-17/h3-7H,8-13H2,1-2H3,(H,18,19,22). The van der Waals surface area contributed by atoms with Crippen molar-refractivity contribution in [2.75, 3.05) is 63.6 Å². The molecule has 0 unspecified atom stereocenters. The van der Waals surface area contributed by atoms with Gasteiger partial charge >= 0.3 is 0 Å². The molecule has 26 heavy (non-hydrogen) atoms. The number of hydrogen-bond acceptors (Lipinski definition) is 8. The molecule has 1 aliphatic rings. The molecule has 2 aromatic heterocycles. The monoisotopic (exact) mass is 356 g/mol. The number of amides is 1. The Hall–Kier alpha value is -2.81. The Morgan fingerprint density at radius 2 is 1.85 bits per heavy atom. The molecule has 1 saturated heterocycles. The maximum atomic E-state index is 12.7. The van der Waals surface area contributed by atoms with Gasteiger partial charge in [-0.25, -0.2) is 19.9 Å². The van der Waals surface area contributed by atoms with E-state index in [1.54, 1.807) is 30.7 Å². The zero-order chi connectivity index (χ0) is 18.4. The summed E-state index contributed by atoms with van der Waals surface area (Å²) in [6.45, 7) is 4.23. The van der Waals surface area contributed by atoms with E-state index in [-0.39, 0.29) is 5.91 Å². The van der Waals surface area contributed by atoms with Crippen molar-refractivity contribution in [2.24, 2.45) is 0 Å². The third-order valence-corrected chi connectivity index (χ3v) is 4.12. The highest BCUT2D eigenvalue weighted by Crippen LogP contribution is 2.12. The van der Waals surface area contributed by atoms with Crippen molar-refractivity contribution in [1.82, 2.24) is 29.7 Å². The summed E-state index contributed by atoms with van der Waals surface area (Å²) < 4.78 is 0. The van der Waals surface area contributed by atoms with Gasteiger partial charge in [0.2, 0.25) is 11.9 Å². The van der Waals surface area contributed by atoms with Gasteiger partial charge in [-0.1, -0.05) is 0 Å². The molecule has 0 bridgehead atoms. The normalized spacial score (nSPS) is 14.6. The molecule has 0 aliphatic carbocycles. The van der Waals surface area contributed by atoms with Crippen molar-refractivity contribution in [2.45, 2.75) is 0 Å². The smallest absolute Gasteiger partial charge is 0.272 e. The van der Waals surface area contributed by atoms with Gasteiger partial charge in [0.05, 0.1) is 0 Å². The Balaban J connectivity index is 1.56. The molecular formula is C17H24N8O. The van der Waals surface area contributed by atoms with Gasteiger partial charge in [0.15, 0.2) is 0 Å². The van der Waals surface area contributed by atoms with Gasteiger partial charge in [-0.15, -0.1) is 0 Å². The summed E-state index contributed by atoms with van der Waals surface area (Å²) >= 11 is 0. The quantitative estimate of drug-likeness (QED) is 0.785. The van der Waals surface area contributed by atoms with Crippen LogP contribution in [0.15, 0.2) is 30.7 Å². The minimum absolute atomic E-state index is 0.0725. The first-order valence-electron chi connectivity index (χ1n) is 8.66. The van der Waals surface area contributed by atoms with Crippen molar-refractivity contribution < 1.29 is 4.79 Å². The van der Waals surface area contributed by atoms with E-state index >= 15 is 0 Å². The number of carbonyl (C=O) groups is 1. The molecule has 9 nitrogen and oxygen atoms in total. The third-order valence-electron chi connectivity index (χ3n) is 4.12. The minimum Gasteiger partial charge on any atom is -0.353 e. The van der Waals surface area contributed by atoms with Crippen LogP contribution in [-0.4, -0.2) is 89.0 Å². The third kappa shape index (κ3) is 4.63. The molecule has 3 rings (SSSR count). The van der Waals surface area contributed by atoms with Gasteiger partial charge in [-0.2, -0.15) is 0 Å². The molecule has 0 atom stereocenters. The molecule has 1 fully saturated rings. The maximum Gasteiger partial charge on any atom is 0.272 e. The number of rotatable bonds is 6. The van der Waals surface area contributed by atoms with Crippen LogP contribution < -0.4 is 10.2 Å². The van der Waals surface area contributed by atoms with Gasteiger partial charge in [0.1, 0.15) is 5.69 Å². The minimum atomic E-state index is -0.0725. The Kier molecular flexibility index (Phi) is 5.90. The Morgan fingerprint density at radius 3 is 2.54 bits per heavy atom. The second-order valence-corrected chi connectivity index (χ2v) is 6.32. The fraction of sp³-hybridized carbons (Fsp3) is 0.471. The summed E-state index contributed by atoms with van der Waals surface area (Å²) in [5.41, 5.74) is 0.414. The molecule has 0 aromatic carbocycles. The van der Waals surface area contributed by atoms with Gasteiger partial charge in [-0.3, -0.25) is 4.79 Å². The van der Waals surface area contributed by atoms with Gasteiger partial charge in [0, 0.05) is 57.9 Å². The topological polar surface area (TPSA) is 90.4 Å². The van der Waals surface area contributed by atoms with E-state index in [4.69, 9.17) is 0 Å². The summed E-state index contributed by atoms with van der Waals surface area (Å²) in [6.07, 6.45) is 5.07. The summed E-state index contributed by atoms with van der Waals surface area (Å²) in [6, 6.07) is 3.45. The lowest BCUT2D eigenvalue weighted by Crippen LogP contribution is -2.49. The number of likely N-dealkylation sites (N-methyl/N-ethyl adjacent to an activating group) is 1. The molecule has 0 spiro atoms. The Morgan fingerprint density at radius 1 is 1.12 bits per heavy atom. The van der Waals surface area contributed by atoms with Gasteiger partial charge in [0.25, 0.3) is 5.91 Å². The van der Waals surface area contributed by atoms with Crippen molar-refractivity contribution in [3.8, 4) is 0 Å². The van der Waals surface area contributed by atoms with Crippen LogP contribution in [0.5, 0.6) is 0 Å². The number of anilines is 2. The molecule has 9 heteroatoms. The van der Waals surface area contributed by atoms with E-state index in [0.29, 0.717) is 43.8 Å². The van der Waals surface area contributed by atoms with Crippen LogP contribution in [0, 0.1) is 0 Å². The number of hydrogen-bond donors (Lipinski definition) is 1. The van der Waals surface area contributed by atoms with Gasteiger partial charge < -0.3 is 20.0 Å². The highest BCUT2D eigenvalue weighted by molar-refractivity contribution is 5.92. The average Bonchev–Trinajstić information content (AvgIpc) is 2.68. The fourth-order valence-corrected chi connectivity index (χ4v) is 2.68. The van der Waals surface area contributed by atoms with Crippen LogP contribution in [0.25, 0.3) is 0 Å². The van der Waals surface area contributed by atoms with E-state index in [2.05, 4.69) is 35.1 Å². The van der Waals surface area contributed by atoms with Crippen molar-refractivity contribution in [3.63, 3.8) is 0 Å². The van der Waals surface area contributed by atoms with E-state index in [1.165, 1.54) is 0 Å². The van der Waals surface area contributed by atoms with Crippen LogP contribution in [0.3, 0.4) is 0 Å². The summed E-state index contributed by atoms with van der Waals surface area (Å²) in [5, 5.41) is 3.14.